The van der Waals surface area contributed by atoms with Gasteiger partial charge in [0.15, 0.2) is 6.10 Å². The third kappa shape index (κ3) is 64.8. The smallest absolute Gasteiger partial charge is 0.306 e. The van der Waals surface area contributed by atoms with Crippen molar-refractivity contribution in [1.29, 1.82) is 0 Å². The summed E-state index contributed by atoms with van der Waals surface area (Å²) in [5.41, 5.74) is 0. The molecule has 6 heteroatoms. The topological polar surface area (TPSA) is 78.9 Å². The van der Waals surface area contributed by atoms with Crippen molar-refractivity contribution in [2.75, 3.05) is 13.2 Å². The molecule has 452 valence electrons. The standard InChI is InChI=1S/C73H124O6/c1-4-7-10-13-16-19-22-25-28-31-33-35-36-38-39-42-45-48-51-54-57-60-63-66-72(75)78-69-70(68-77-71(74)65-62-59-56-53-50-47-44-41-30-27-24-21-18-15-12-9-6-3)79-73(76)67-64-61-58-55-52-49-46-43-40-37-34-32-29-26-23-20-17-14-11-8-5-2/h9,12,18,21,23,26-27,30-34,40,43-44,47,53,56,70H,4-8,10-11,13-17,19-20,22,24-25,28-29,35-39,41-42,45-46,48-52,54-55,57-69H2,1-3H3/b12-9-,21-18-,26-23-,30-27-,33-31-,34-32-,43-40-,47-44-,56-53-. The van der Waals surface area contributed by atoms with E-state index in [0.717, 1.165) is 103 Å². The zero-order chi connectivity index (χ0) is 57.1. The first-order valence-electron chi connectivity index (χ1n) is 33.4. The molecule has 0 spiro atoms. The fraction of sp³-hybridized carbons (Fsp3) is 0.712. The summed E-state index contributed by atoms with van der Waals surface area (Å²) in [6, 6.07) is 0. The molecule has 0 aromatic rings. The summed E-state index contributed by atoms with van der Waals surface area (Å²) in [5.74, 6) is -0.967. The third-order valence-electron chi connectivity index (χ3n) is 14.2. The van der Waals surface area contributed by atoms with Gasteiger partial charge >= 0.3 is 17.9 Å². The van der Waals surface area contributed by atoms with Crippen molar-refractivity contribution in [2.45, 2.75) is 322 Å². The molecule has 0 aliphatic carbocycles. The average Bonchev–Trinajstić information content (AvgIpc) is 3.45. The van der Waals surface area contributed by atoms with E-state index in [2.05, 4.69) is 130 Å². The summed E-state index contributed by atoms with van der Waals surface area (Å²) in [6.07, 6.45) is 91.0. The summed E-state index contributed by atoms with van der Waals surface area (Å²) >= 11 is 0. The molecule has 0 amide bonds. The maximum absolute atomic E-state index is 12.9. The Morgan fingerprint density at radius 3 is 0.835 bits per heavy atom. The summed E-state index contributed by atoms with van der Waals surface area (Å²) in [5, 5.41) is 0. The highest BCUT2D eigenvalue weighted by Crippen LogP contribution is 2.16. The molecule has 0 aliphatic heterocycles. The van der Waals surface area contributed by atoms with Gasteiger partial charge in [0.1, 0.15) is 13.2 Å². The highest BCUT2D eigenvalue weighted by Gasteiger charge is 2.19. The third-order valence-corrected chi connectivity index (χ3v) is 14.2. The van der Waals surface area contributed by atoms with Crippen LogP contribution < -0.4 is 0 Å². The van der Waals surface area contributed by atoms with Crippen LogP contribution in [0.5, 0.6) is 0 Å². The van der Waals surface area contributed by atoms with Crippen LogP contribution in [0.25, 0.3) is 0 Å². The lowest BCUT2D eigenvalue weighted by atomic mass is 10.0. The van der Waals surface area contributed by atoms with E-state index in [1.165, 1.54) is 167 Å². The number of hydrogen-bond donors (Lipinski definition) is 0. The Balaban J connectivity index is 4.45. The second-order valence-electron chi connectivity index (χ2n) is 22.0. The Kier molecular flexibility index (Phi) is 63.3. The van der Waals surface area contributed by atoms with E-state index in [0.29, 0.717) is 19.3 Å². The molecule has 0 bridgehead atoms. The lowest BCUT2D eigenvalue weighted by Gasteiger charge is -2.18. The van der Waals surface area contributed by atoms with Crippen molar-refractivity contribution < 1.29 is 28.6 Å². The molecule has 0 radical (unpaired) electrons. The van der Waals surface area contributed by atoms with Gasteiger partial charge in [-0.05, 0) is 122 Å². The minimum Gasteiger partial charge on any atom is -0.462 e. The van der Waals surface area contributed by atoms with Gasteiger partial charge in [0.25, 0.3) is 0 Å². The first kappa shape index (κ1) is 75.1. The van der Waals surface area contributed by atoms with Gasteiger partial charge in [-0.1, -0.05) is 284 Å². The molecule has 0 aromatic carbocycles. The second-order valence-corrected chi connectivity index (χ2v) is 22.0. The first-order chi connectivity index (χ1) is 39.0. The fourth-order valence-electron chi connectivity index (χ4n) is 9.25. The molecule has 0 fully saturated rings. The van der Waals surface area contributed by atoms with E-state index in [1.54, 1.807) is 0 Å². The van der Waals surface area contributed by atoms with E-state index in [-0.39, 0.29) is 37.5 Å². The van der Waals surface area contributed by atoms with E-state index < -0.39 is 6.10 Å². The van der Waals surface area contributed by atoms with E-state index in [9.17, 15) is 14.4 Å². The molecule has 0 saturated carbocycles. The Hall–Kier alpha value is -3.93. The number of carbonyl (C=O) groups excluding carboxylic acids is 3. The van der Waals surface area contributed by atoms with Crippen LogP contribution in [-0.4, -0.2) is 37.2 Å². The predicted octanol–water partition coefficient (Wildman–Crippen LogP) is 23.0. The van der Waals surface area contributed by atoms with Gasteiger partial charge in [-0.25, -0.2) is 0 Å². The maximum Gasteiger partial charge on any atom is 0.306 e. The molecule has 1 unspecified atom stereocenters. The van der Waals surface area contributed by atoms with Crippen molar-refractivity contribution in [2.24, 2.45) is 0 Å². The number of unbranched alkanes of at least 4 members (excludes halogenated alkanes) is 31. The van der Waals surface area contributed by atoms with Crippen molar-refractivity contribution >= 4 is 17.9 Å². The number of carbonyl (C=O) groups is 3. The first-order valence-corrected chi connectivity index (χ1v) is 33.4. The quantitative estimate of drug-likeness (QED) is 0.0261. The van der Waals surface area contributed by atoms with Gasteiger partial charge in [0, 0.05) is 19.3 Å². The molecule has 0 aliphatic rings. The Bertz CT molecular complexity index is 1590. The molecule has 0 aromatic heterocycles. The monoisotopic (exact) mass is 1100 g/mol. The van der Waals surface area contributed by atoms with Crippen LogP contribution in [0.4, 0.5) is 0 Å². The molecule has 0 N–H and O–H groups in total. The molecule has 79 heavy (non-hydrogen) atoms. The maximum atomic E-state index is 12.9. The lowest BCUT2D eigenvalue weighted by Crippen LogP contribution is -2.30. The highest BCUT2D eigenvalue weighted by molar-refractivity contribution is 5.71. The van der Waals surface area contributed by atoms with Crippen LogP contribution in [0.3, 0.4) is 0 Å². The number of allylic oxidation sites excluding steroid dienone is 18. The van der Waals surface area contributed by atoms with Crippen LogP contribution in [-0.2, 0) is 28.6 Å². The largest absolute Gasteiger partial charge is 0.462 e. The summed E-state index contributed by atoms with van der Waals surface area (Å²) < 4.78 is 16.9. The fourth-order valence-corrected chi connectivity index (χ4v) is 9.25. The average molecular weight is 1100 g/mol. The van der Waals surface area contributed by atoms with Crippen LogP contribution in [0.2, 0.25) is 0 Å². The van der Waals surface area contributed by atoms with Gasteiger partial charge in [-0.3, -0.25) is 14.4 Å². The number of ether oxygens (including phenoxy) is 3. The number of hydrogen-bond acceptors (Lipinski definition) is 6. The van der Waals surface area contributed by atoms with Crippen LogP contribution in [0.1, 0.15) is 316 Å². The SMILES string of the molecule is CC/C=C\C/C=C\C/C=C\C/C=C\C/C=C\CCCC(=O)OCC(COC(=O)CCCCCCCCCCCCC/C=C\CCCCCCCCCC)OC(=O)CCCCCCCC/C=C\C/C=C\C/C=C\CCCCCCC. The van der Waals surface area contributed by atoms with Crippen molar-refractivity contribution in [3.05, 3.63) is 109 Å². The van der Waals surface area contributed by atoms with Gasteiger partial charge in [0.05, 0.1) is 0 Å². The Labute approximate surface area is 489 Å². The summed E-state index contributed by atoms with van der Waals surface area (Å²) in [7, 11) is 0. The van der Waals surface area contributed by atoms with Gasteiger partial charge in [-0.2, -0.15) is 0 Å². The number of esters is 3. The molecule has 0 heterocycles. The van der Waals surface area contributed by atoms with Crippen molar-refractivity contribution in [3.63, 3.8) is 0 Å². The van der Waals surface area contributed by atoms with Crippen LogP contribution in [0.15, 0.2) is 109 Å². The van der Waals surface area contributed by atoms with Gasteiger partial charge in [-0.15, -0.1) is 0 Å². The van der Waals surface area contributed by atoms with E-state index in [4.69, 9.17) is 14.2 Å². The van der Waals surface area contributed by atoms with E-state index in [1.807, 2.05) is 0 Å². The van der Waals surface area contributed by atoms with Crippen LogP contribution in [0, 0.1) is 0 Å². The molecule has 0 rings (SSSR count). The summed E-state index contributed by atoms with van der Waals surface area (Å²) in [6.45, 7) is 6.48. The van der Waals surface area contributed by atoms with E-state index >= 15 is 0 Å². The Morgan fingerprint density at radius 1 is 0.266 bits per heavy atom. The second kappa shape index (κ2) is 66.6. The zero-order valence-corrected chi connectivity index (χ0v) is 51.9. The van der Waals surface area contributed by atoms with Crippen LogP contribution >= 0.6 is 0 Å². The molecule has 6 nitrogen and oxygen atoms in total. The van der Waals surface area contributed by atoms with Crippen molar-refractivity contribution in [3.8, 4) is 0 Å². The normalized spacial score (nSPS) is 12.8. The predicted molar refractivity (Wildman–Crippen MR) is 343 cm³/mol. The van der Waals surface area contributed by atoms with Gasteiger partial charge < -0.3 is 14.2 Å². The van der Waals surface area contributed by atoms with Gasteiger partial charge in [0.2, 0.25) is 0 Å². The molecule has 0 saturated heterocycles. The molecular formula is C73H124O6. The molecule has 1 atom stereocenters. The molecular weight excluding hydrogens is 973 g/mol. The van der Waals surface area contributed by atoms with Crippen molar-refractivity contribution in [1.82, 2.24) is 0 Å². The minimum atomic E-state index is -0.812. The number of rotatable bonds is 60. The summed E-state index contributed by atoms with van der Waals surface area (Å²) in [4.78, 5) is 38.4. The zero-order valence-electron chi connectivity index (χ0n) is 51.9. The Morgan fingerprint density at radius 2 is 0.506 bits per heavy atom. The minimum absolute atomic E-state index is 0.102. The lowest BCUT2D eigenvalue weighted by molar-refractivity contribution is -0.167. The highest BCUT2D eigenvalue weighted by atomic mass is 16.6.